The average Bonchev–Trinajstić information content (AvgIpc) is 3.08. The van der Waals surface area contributed by atoms with E-state index in [0.717, 1.165) is 66.9 Å². The lowest BCUT2D eigenvalue weighted by molar-refractivity contribution is 0.170. The monoisotopic (exact) mass is 455 g/mol. The molecule has 32 heavy (non-hydrogen) atoms. The summed E-state index contributed by atoms with van der Waals surface area (Å²) in [5.74, 6) is 1.46. The molecule has 7 heteroatoms. The minimum atomic E-state index is -0.476. The summed E-state index contributed by atoms with van der Waals surface area (Å²) in [5.41, 5.74) is 4.28. The molecule has 2 N–H and O–H groups in total. The van der Waals surface area contributed by atoms with E-state index in [1.165, 1.54) is 5.56 Å². The molecule has 0 unspecified atom stereocenters. The van der Waals surface area contributed by atoms with Crippen molar-refractivity contribution in [3.05, 3.63) is 64.7 Å². The second-order valence-corrected chi connectivity index (χ2v) is 9.72. The molecule has 1 aromatic carbocycles. The average molecular weight is 456 g/mol. The molecule has 2 aromatic rings. The van der Waals surface area contributed by atoms with Crippen LogP contribution in [-0.2, 0) is 0 Å². The zero-order valence-corrected chi connectivity index (χ0v) is 20.0. The van der Waals surface area contributed by atoms with Crippen molar-refractivity contribution in [2.45, 2.75) is 51.2 Å². The highest BCUT2D eigenvalue weighted by molar-refractivity contribution is 6.30. The van der Waals surface area contributed by atoms with Gasteiger partial charge in [-0.1, -0.05) is 51.1 Å². The van der Waals surface area contributed by atoms with Crippen LogP contribution in [0.5, 0.6) is 0 Å². The summed E-state index contributed by atoms with van der Waals surface area (Å²) >= 11 is 6.13. The fourth-order valence-electron chi connectivity index (χ4n) is 4.86. The first-order valence-corrected chi connectivity index (χ1v) is 11.9. The maximum Gasteiger partial charge on any atom is 0.135 e. The summed E-state index contributed by atoms with van der Waals surface area (Å²) in [6.45, 7) is 15.4. The molecule has 0 amide bonds. The Labute approximate surface area is 196 Å². The molecule has 1 fully saturated rings. The lowest BCUT2D eigenvalue weighted by Crippen LogP contribution is -2.47. The number of anilines is 1. The number of aliphatic hydroxyl groups is 1. The van der Waals surface area contributed by atoms with E-state index in [1.54, 1.807) is 6.33 Å². The van der Waals surface area contributed by atoms with Gasteiger partial charge in [-0.15, -0.1) is 0 Å². The van der Waals surface area contributed by atoms with Crippen molar-refractivity contribution in [3.63, 3.8) is 0 Å². The van der Waals surface area contributed by atoms with Crippen LogP contribution in [-0.4, -0.2) is 58.7 Å². The van der Waals surface area contributed by atoms with Gasteiger partial charge in [0.25, 0.3) is 0 Å². The molecule has 4 rings (SSSR count). The third-order valence-corrected chi connectivity index (χ3v) is 6.92. The molecule has 0 saturated carbocycles. The highest BCUT2D eigenvalue weighted by atomic mass is 35.5. The molecule has 0 bridgehead atoms. The summed E-state index contributed by atoms with van der Waals surface area (Å²) in [6.07, 6.45) is 1.84. The number of nitrogens with zero attached hydrogens (tertiary/aromatic N) is 4. The van der Waals surface area contributed by atoms with Gasteiger partial charge in [-0.05, 0) is 30.0 Å². The number of fused-ring (bicyclic) bond motifs is 1. The van der Waals surface area contributed by atoms with Gasteiger partial charge in [-0.3, -0.25) is 0 Å². The zero-order valence-electron chi connectivity index (χ0n) is 19.3. The molecular formula is C25H34ClN5O. The Hall–Kier alpha value is -2.15. The highest BCUT2D eigenvalue weighted by Crippen LogP contribution is 2.43. The van der Waals surface area contributed by atoms with E-state index in [0.29, 0.717) is 6.04 Å². The Kier molecular flexibility index (Phi) is 7.03. The molecule has 0 spiro atoms. The van der Waals surface area contributed by atoms with E-state index < -0.39 is 6.10 Å². The fourth-order valence-corrected chi connectivity index (χ4v) is 4.98. The SMILES string of the molecule is C=C([C@H](CNC(C)C)c1ccc(Cl)cc1)N1CCN(c2ncnc3c2[C@H](C)C[C@H]3O)CC1. The largest absolute Gasteiger partial charge is 0.387 e. The third-order valence-electron chi connectivity index (χ3n) is 6.67. The van der Waals surface area contributed by atoms with Crippen LogP contribution in [0.25, 0.3) is 0 Å². The topological polar surface area (TPSA) is 64.5 Å². The van der Waals surface area contributed by atoms with Gasteiger partial charge < -0.3 is 20.2 Å². The molecule has 1 aliphatic heterocycles. The Balaban J connectivity index is 1.47. The van der Waals surface area contributed by atoms with Crippen LogP contribution in [0.1, 0.15) is 62.0 Å². The number of hydrogen-bond acceptors (Lipinski definition) is 6. The maximum absolute atomic E-state index is 10.3. The summed E-state index contributed by atoms with van der Waals surface area (Å²) in [5, 5.41) is 14.7. The van der Waals surface area contributed by atoms with Crippen molar-refractivity contribution >= 4 is 17.4 Å². The number of rotatable bonds is 7. The molecule has 172 valence electrons. The molecule has 1 saturated heterocycles. The Morgan fingerprint density at radius 1 is 1.19 bits per heavy atom. The van der Waals surface area contributed by atoms with Crippen molar-refractivity contribution in [1.82, 2.24) is 20.2 Å². The number of benzene rings is 1. The van der Waals surface area contributed by atoms with E-state index in [1.807, 2.05) is 12.1 Å². The quantitative estimate of drug-likeness (QED) is 0.655. The lowest BCUT2D eigenvalue weighted by atomic mass is 9.94. The van der Waals surface area contributed by atoms with Crippen LogP contribution in [0.2, 0.25) is 5.02 Å². The van der Waals surface area contributed by atoms with Gasteiger partial charge in [0.2, 0.25) is 0 Å². The minimum absolute atomic E-state index is 0.194. The Bertz CT molecular complexity index is 940. The summed E-state index contributed by atoms with van der Waals surface area (Å²) < 4.78 is 0. The van der Waals surface area contributed by atoms with Gasteiger partial charge >= 0.3 is 0 Å². The van der Waals surface area contributed by atoms with Crippen LogP contribution in [0.3, 0.4) is 0 Å². The Morgan fingerprint density at radius 3 is 2.53 bits per heavy atom. The number of aliphatic hydroxyl groups excluding tert-OH is 1. The second-order valence-electron chi connectivity index (χ2n) is 9.28. The van der Waals surface area contributed by atoms with E-state index in [9.17, 15) is 5.11 Å². The van der Waals surface area contributed by atoms with Crippen LogP contribution in [0.4, 0.5) is 5.82 Å². The van der Waals surface area contributed by atoms with Crippen molar-refractivity contribution < 1.29 is 5.11 Å². The molecule has 2 aliphatic rings. The fraction of sp³-hybridized carbons (Fsp3) is 0.520. The van der Waals surface area contributed by atoms with Gasteiger partial charge in [0.05, 0.1) is 11.8 Å². The predicted octanol–water partition coefficient (Wildman–Crippen LogP) is 4.09. The highest BCUT2D eigenvalue weighted by Gasteiger charge is 2.34. The normalized spacial score (nSPS) is 21.7. The van der Waals surface area contributed by atoms with Gasteiger partial charge in [0.15, 0.2) is 0 Å². The van der Waals surface area contributed by atoms with Gasteiger partial charge in [0, 0.05) is 61.0 Å². The second kappa shape index (κ2) is 9.77. The first-order chi connectivity index (χ1) is 15.3. The van der Waals surface area contributed by atoms with Crippen molar-refractivity contribution in [1.29, 1.82) is 0 Å². The van der Waals surface area contributed by atoms with Crippen molar-refractivity contribution in [2.75, 3.05) is 37.6 Å². The number of nitrogens with one attached hydrogen (secondary N) is 1. The number of hydrogen-bond donors (Lipinski definition) is 2. The van der Waals surface area contributed by atoms with E-state index in [4.69, 9.17) is 11.6 Å². The first-order valence-electron chi connectivity index (χ1n) is 11.6. The third kappa shape index (κ3) is 4.77. The van der Waals surface area contributed by atoms with E-state index in [2.05, 4.69) is 64.6 Å². The molecule has 0 radical (unpaired) electrons. The van der Waals surface area contributed by atoms with Crippen molar-refractivity contribution in [2.24, 2.45) is 0 Å². The molecule has 2 heterocycles. The lowest BCUT2D eigenvalue weighted by Gasteiger charge is -2.40. The Morgan fingerprint density at radius 2 is 1.88 bits per heavy atom. The molecule has 1 aromatic heterocycles. The van der Waals surface area contributed by atoms with Crippen LogP contribution >= 0.6 is 11.6 Å². The minimum Gasteiger partial charge on any atom is -0.387 e. The maximum atomic E-state index is 10.3. The van der Waals surface area contributed by atoms with Crippen molar-refractivity contribution in [3.8, 4) is 0 Å². The standard InChI is InChI=1S/C25H34ClN5O/c1-16(2)27-14-21(19-5-7-20(26)8-6-19)18(4)30-9-11-31(12-10-30)25-23-17(3)13-22(32)24(23)28-15-29-25/h5-8,15-17,21-22,27,32H,4,9-14H2,1-3H3/t17-,21+,22-/m1/s1. The summed E-state index contributed by atoms with van der Waals surface area (Å²) in [6, 6.07) is 8.53. The van der Waals surface area contributed by atoms with E-state index in [-0.39, 0.29) is 11.8 Å². The molecule has 1 aliphatic carbocycles. The van der Waals surface area contributed by atoms with Gasteiger partial charge in [0.1, 0.15) is 12.1 Å². The smallest absolute Gasteiger partial charge is 0.135 e. The van der Waals surface area contributed by atoms with Crippen LogP contribution in [0, 0.1) is 0 Å². The molecule has 3 atom stereocenters. The predicted molar refractivity (Wildman–Crippen MR) is 130 cm³/mol. The summed E-state index contributed by atoms with van der Waals surface area (Å²) in [4.78, 5) is 13.7. The molecule has 6 nitrogen and oxygen atoms in total. The first kappa shape index (κ1) is 23.0. The zero-order chi connectivity index (χ0) is 22.8. The molecular weight excluding hydrogens is 422 g/mol. The summed E-state index contributed by atoms with van der Waals surface area (Å²) in [7, 11) is 0. The number of piperazine rings is 1. The van der Waals surface area contributed by atoms with E-state index >= 15 is 0 Å². The number of halogens is 1. The van der Waals surface area contributed by atoms with Gasteiger partial charge in [-0.2, -0.15) is 0 Å². The number of aromatic nitrogens is 2. The van der Waals surface area contributed by atoms with Gasteiger partial charge in [-0.25, -0.2) is 9.97 Å². The van der Waals surface area contributed by atoms with Crippen LogP contribution < -0.4 is 10.2 Å². The van der Waals surface area contributed by atoms with Crippen LogP contribution in [0.15, 0.2) is 42.9 Å².